The molecule has 0 aliphatic heterocycles. The minimum Gasteiger partial charge on any atom is -0.497 e. The van der Waals surface area contributed by atoms with E-state index in [-0.39, 0.29) is 0 Å². The largest absolute Gasteiger partial charge is 0.497 e. The first-order chi connectivity index (χ1) is 9.79. The Hall–Kier alpha value is -2.39. The first-order valence-electron chi connectivity index (χ1n) is 6.45. The molecular formula is C17H15NO2. The van der Waals surface area contributed by atoms with Crippen molar-refractivity contribution in [1.29, 1.82) is 0 Å². The number of methoxy groups -OCH3 is 1. The first kappa shape index (κ1) is 12.6. The van der Waals surface area contributed by atoms with Crippen LogP contribution in [0.1, 0.15) is 17.2 Å². The standard InChI is InChI=1S/C17H15NO2/c1-20-13-8-6-12(7-9-13)17(19)15-10-11-18-16-5-3-2-4-14(15)16/h2-11,17,19H,1H3. The number of aliphatic hydroxyl groups excluding tert-OH is 1. The highest BCUT2D eigenvalue weighted by atomic mass is 16.5. The van der Waals surface area contributed by atoms with Gasteiger partial charge in [0.1, 0.15) is 11.9 Å². The summed E-state index contributed by atoms with van der Waals surface area (Å²) in [5.74, 6) is 0.778. The molecule has 20 heavy (non-hydrogen) atoms. The molecule has 0 amide bonds. The molecule has 0 bridgehead atoms. The number of ether oxygens (including phenoxy) is 1. The molecule has 0 fully saturated rings. The quantitative estimate of drug-likeness (QED) is 0.790. The molecule has 0 aliphatic carbocycles. The molecule has 3 rings (SSSR count). The molecule has 0 spiro atoms. The lowest BCUT2D eigenvalue weighted by Gasteiger charge is -2.14. The van der Waals surface area contributed by atoms with Crippen molar-refractivity contribution < 1.29 is 9.84 Å². The summed E-state index contributed by atoms with van der Waals surface area (Å²) in [6.45, 7) is 0. The Labute approximate surface area is 117 Å². The zero-order valence-corrected chi connectivity index (χ0v) is 11.2. The number of hydrogen-bond donors (Lipinski definition) is 1. The Bertz CT molecular complexity index is 717. The van der Waals surface area contributed by atoms with E-state index in [0.717, 1.165) is 27.8 Å². The lowest BCUT2D eigenvalue weighted by atomic mass is 9.98. The number of aromatic nitrogens is 1. The number of nitrogens with zero attached hydrogens (tertiary/aromatic N) is 1. The highest BCUT2D eigenvalue weighted by molar-refractivity contribution is 5.82. The van der Waals surface area contributed by atoms with Crippen LogP contribution in [0.5, 0.6) is 5.75 Å². The molecule has 3 heteroatoms. The Kier molecular flexibility index (Phi) is 3.35. The summed E-state index contributed by atoms with van der Waals surface area (Å²) >= 11 is 0. The van der Waals surface area contributed by atoms with Gasteiger partial charge in [-0.2, -0.15) is 0 Å². The zero-order valence-electron chi connectivity index (χ0n) is 11.2. The molecular weight excluding hydrogens is 250 g/mol. The number of pyridine rings is 1. The van der Waals surface area contributed by atoms with Gasteiger partial charge in [-0.25, -0.2) is 0 Å². The maximum atomic E-state index is 10.6. The molecule has 0 saturated heterocycles. The average Bonchev–Trinajstić information content (AvgIpc) is 2.54. The van der Waals surface area contributed by atoms with Crippen molar-refractivity contribution in [3.05, 3.63) is 71.9 Å². The van der Waals surface area contributed by atoms with Gasteiger partial charge in [0.2, 0.25) is 0 Å². The van der Waals surface area contributed by atoms with Crippen molar-refractivity contribution in [2.24, 2.45) is 0 Å². The summed E-state index contributed by atoms with van der Waals surface area (Å²) in [4.78, 5) is 4.31. The number of benzene rings is 2. The number of aliphatic hydroxyl groups is 1. The van der Waals surface area contributed by atoms with Crippen molar-refractivity contribution in [1.82, 2.24) is 4.98 Å². The fourth-order valence-corrected chi connectivity index (χ4v) is 2.32. The van der Waals surface area contributed by atoms with E-state index < -0.39 is 6.10 Å². The van der Waals surface area contributed by atoms with E-state index >= 15 is 0 Å². The van der Waals surface area contributed by atoms with Crippen LogP contribution in [0.4, 0.5) is 0 Å². The maximum absolute atomic E-state index is 10.6. The van der Waals surface area contributed by atoms with Gasteiger partial charge in [0.25, 0.3) is 0 Å². The summed E-state index contributed by atoms with van der Waals surface area (Å²) < 4.78 is 5.13. The summed E-state index contributed by atoms with van der Waals surface area (Å²) in [7, 11) is 1.63. The van der Waals surface area contributed by atoms with Gasteiger partial charge < -0.3 is 9.84 Å². The number of hydrogen-bond acceptors (Lipinski definition) is 3. The summed E-state index contributed by atoms with van der Waals surface area (Å²) in [6, 6.07) is 17.1. The molecule has 0 radical (unpaired) electrons. The maximum Gasteiger partial charge on any atom is 0.118 e. The van der Waals surface area contributed by atoms with E-state index in [2.05, 4.69) is 4.98 Å². The van der Waals surface area contributed by atoms with Crippen LogP contribution in [0.25, 0.3) is 10.9 Å². The van der Waals surface area contributed by atoms with Crippen LogP contribution < -0.4 is 4.74 Å². The van der Waals surface area contributed by atoms with Gasteiger partial charge in [-0.15, -0.1) is 0 Å². The molecule has 1 N–H and O–H groups in total. The predicted molar refractivity (Wildman–Crippen MR) is 78.8 cm³/mol. The van der Waals surface area contributed by atoms with Crippen molar-refractivity contribution >= 4 is 10.9 Å². The zero-order chi connectivity index (χ0) is 13.9. The van der Waals surface area contributed by atoms with Crippen LogP contribution >= 0.6 is 0 Å². The average molecular weight is 265 g/mol. The second-order valence-corrected chi connectivity index (χ2v) is 4.59. The van der Waals surface area contributed by atoms with Crippen LogP contribution in [0.2, 0.25) is 0 Å². The van der Waals surface area contributed by atoms with Crippen molar-refractivity contribution in [2.45, 2.75) is 6.10 Å². The van der Waals surface area contributed by atoms with Gasteiger partial charge >= 0.3 is 0 Å². The highest BCUT2D eigenvalue weighted by Crippen LogP contribution is 2.28. The van der Waals surface area contributed by atoms with Crippen molar-refractivity contribution in [3.8, 4) is 5.75 Å². The normalized spacial score (nSPS) is 12.3. The van der Waals surface area contributed by atoms with E-state index in [0.29, 0.717) is 0 Å². The smallest absolute Gasteiger partial charge is 0.118 e. The van der Waals surface area contributed by atoms with E-state index in [1.54, 1.807) is 13.3 Å². The Morgan fingerprint density at radius 3 is 2.50 bits per heavy atom. The Balaban J connectivity index is 2.05. The Morgan fingerprint density at radius 1 is 1.00 bits per heavy atom. The number of para-hydroxylation sites is 1. The Morgan fingerprint density at radius 2 is 1.75 bits per heavy atom. The van der Waals surface area contributed by atoms with Crippen molar-refractivity contribution in [3.63, 3.8) is 0 Å². The molecule has 2 aromatic carbocycles. The molecule has 3 nitrogen and oxygen atoms in total. The van der Waals surface area contributed by atoms with E-state index in [1.807, 2.05) is 54.6 Å². The number of rotatable bonds is 3. The minimum atomic E-state index is -0.672. The van der Waals surface area contributed by atoms with E-state index in [1.165, 1.54) is 0 Å². The second-order valence-electron chi connectivity index (χ2n) is 4.59. The van der Waals surface area contributed by atoms with Gasteiger partial charge in [0.15, 0.2) is 0 Å². The van der Waals surface area contributed by atoms with E-state index in [4.69, 9.17) is 4.74 Å². The first-order valence-corrected chi connectivity index (χ1v) is 6.45. The molecule has 1 aromatic heterocycles. The summed E-state index contributed by atoms with van der Waals surface area (Å²) in [5.41, 5.74) is 2.58. The lowest BCUT2D eigenvalue weighted by Crippen LogP contribution is -2.01. The molecule has 1 unspecified atom stereocenters. The highest BCUT2D eigenvalue weighted by Gasteiger charge is 2.13. The number of fused-ring (bicyclic) bond motifs is 1. The van der Waals surface area contributed by atoms with Gasteiger partial charge in [-0.3, -0.25) is 4.98 Å². The van der Waals surface area contributed by atoms with Crippen LogP contribution in [-0.4, -0.2) is 17.2 Å². The van der Waals surface area contributed by atoms with Gasteiger partial charge in [-0.05, 0) is 35.4 Å². The molecule has 3 aromatic rings. The monoisotopic (exact) mass is 265 g/mol. The second kappa shape index (κ2) is 5.31. The third-order valence-corrected chi connectivity index (χ3v) is 3.41. The fraction of sp³-hybridized carbons (Fsp3) is 0.118. The predicted octanol–water partition coefficient (Wildman–Crippen LogP) is 3.33. The fourth-order valence-electron chi connectivity index (χ4n) is 2.32. The van der Waals surface area contributed by atoms with Crippen LogP contribution in [0.15, 0.2) is 60.8 Å². The molecule has 1 heterocycles. The molecule has 100 valence electrons. The van der Waals surface area contributed by atoms with Crippen molar-refractivity contribution in [2.75, 3.05) is 7.11 Å². The molecule has 1 atom stereocenters. The minimum absolute atomic E-state index is 0.672. The summed E-state index contributed by atoms with van der Waals surface area (Å²) in [6.07, 6.45) is 1.05. The van der Waals surface area contributed by atoms with Crippen LogP contribution in [-0.2, 0) is 0 Å². The van der Waals surface area contributed by atoms with E-state index in [9.17, 15) is 5.11 Å². The van der Waals surface area contributed by atoms with Gasteiger partial charge in [-0.1, -0.05) is 30.3 Å². The topological polar surface area (TPSA) is 42.4 Å². The van der Waals surface area contributed by atoms with Gasteiger partial charge in [0.05, 0.1) is 12.6 Å². The molecule has 0 aliphatic rings. The third-order valence-electron chi connectivity index (χ3n) is 3.41. The SMILES string of the molecule is COc1ccc(C(O)c2ccnc3ccccc23)cc1. The summed E-state index contributed by atoms with van der Waals surface area (Å²) in [5, 5.41) is 11.6. The van der Waals surface area contributed by atoms with Crippen LogP contribution in [0.3, 0.4) is 0 Å². The third kappa shape index (κ3) is 2.24. The molecule has 0 saturated carbocycles. The van der Waals surface area contributed by atoms with Crippen LogP contribution in [0, 0.1) is 0 Å². The van der Waals surface area contributed by atoms with Gasteiger partial charge in [0, 0.05) is 11.6 Å². The lowest BCUT2D eigenvalue weighted by molar-refractivity contribution is 0.221.